The second-order valence-corrected chi connectivity index (χ2v) is 9.57. The molecule has 1 amide bonds. The van der Waals surface area contributed by atoms with Crippen molar-refractivity contribution in [3.8, 4) is 0 Å². The molecule has 8 nitrogen and oxygen atoms in total. The number of piperidine rings is 3. The van der Waals surface area contributed by atoms with Crippen LogP contribution < -0.4 is 0 Å². The molecule has 4 aliphatic heterocycles. The van der Waals surface area contributed by atoms with Crippen molar-refractivity contribution in [1.82, 2.24) is 29.7 Å². The molecule has 6 rings (SSSR count). The zero-order valence-electron chi connectivity index (χ0n) is 19.0. The molecule has 2 aromatic rings. The first-order chi connectivity index (χ1) is 15.7. The van der Waals surface area contributed by atoms with Gasteiger partial charge in [-0.25, -0.2) is 0 Å². The van der Waals surface area contributed by atoms with Gasteiger partial charge in [0.1, 0.15) is 0 Å². The maximum atomic E-state index is 13.1. The molecule has 32 heavy (non-hydrogen) atoms. The Morgan fingerprint density at radius 1 is 1.16 bits per heavy atom. The van der Waals surface area contributed by atoms with Crippen LogP contribution in [0.3, 0.4) is 0 Å². The van der Waals surface area contributed by atoms with E-state index in [-0.39, 0.29) is 5.92 Å². The van der Waals surface area contributed by atoms with Gasteiger partial charge < -0.3 is 9.64 Å². The van der Waals surface area contributed by atoms with E-state index in [9.17, 15) is 4.79 Å². The number of hydrogen-bond donors (Lipinski definition) is 0. The summed E-state index contributed by atoms with van der Waals surface area (Å²) in [4.78, 5) is 19.8. The SMILES string of the molecule is CN(Cc1ccccc1)Cc1cn(C[C@H]2CC3CCN2C[C@@H]3C(=O)N2CCOCC2)nn1. The molecule has 4 fully saturated rings. The maximum Gasteiger partial charge on any atom is 0.227 e. The largest absolute Gasteiger partial charge is 0.378 e. The fourth-order valence-corrected chi connectivity index (χ4v) is 5.57. The second-order valence-electron chi connectivity index (χ2n) is 9.57. The highest BCUT2D eigenvalue weighted by molar-refractivity contribution is 5.79. The summed E-state index contributed by atoms with van der Waals surface area (Å²) < 4.78 is 7.41. The van der Waals surface area contributed by atoms with Gasteiger partial charge in [-0.15, -0.1) is 5.10 Å². The number of nitrogens with zero attached hydrogens (tertiary/aromatic N) is 6. The van der Waals surface area contributed by atoms with E-state index in [0.29, 0.717) is 31.1 Å². The van der Waals surface area contributed by atoms with E-state index >= 15 is 0 Å². The summed E-state index contributed by atoms with van der Waals surface area (Å²) in [6.07, 6.45) is 4.29. The van der Waals surface area contributed by atoms with Gasteiger partial charge in [0.2, 0.25) is 5.91 Å². The summed E-state index contributed by atoms with van der Waals surface area (Å²) in [5, 5.41) is 8.82. The molecule has 1 aromatic carbocycles. The number of carbonyl (C=O) groups excluding carboxylic acids is 1. The van der Waals surface area contributed by atoms with Crippen LogP contribution in [0.15, 0.2) is 36.5 Å². The Labute approximate surface area is 190 Å². The van der Waals surface area contributed by atoms with E-state index in [1.165, 1.54) is 5.56 Å². The number of carbonyl (C=O) groups is 1. The monoisotopic (exact) mass is 438 g/mol. The topological polar surface area (TPSA) is 66.7 Å². The molecule has 5 heterocycles. The standard InChI is InChI=1S/C24H34N6O2/c1-27(14-19-5-3-2-4-6-19)15-21-16-30(26-25-21)17-22-13-20-7-8-29(22)18-23(20)24(31)28-9-11-32-12-10-28/h2-6,16,20,22-23H,7-15,17-18H2,1H3/t20?,22-,23+/m1/s1. The molecule has 0 aliphatic carbocycles. The van der Waals surface area contributed by atoms with Crippen molar-refractivity contribution in [3.05, 3.63) is 47.8 Å². The van der Waals surface area contributed by atoms with Gasteiger partial charge in [-0.1, -0.05) is 35.5 Å². The first kappa shape index (κ1) is 21.6. The molecule has 172 valence electrons. The second kappa shape index (κ2) is 9.68. The number of rotatable bonds is 7. The minimum atomic E-state index is 0.149. The van der Waals surface area contributed by atoms with Crippen LogP contribution in [0.2, 0.25) is 0 Å². The quantitative estimate of drug-likeness (QED) is 0.652. The predicted octanol–water partition coefficient (Wildman–Crippen LogP) is 1.48. The third-order valence-electron chi connectivity index (χ3n) is 7.23. The minimum Gasteiger partial charge on any atom is -0.378 e. The van der Waals surface area contributed by atoms with Gasteiger partial charge in [0, 0.05) is 45.0 Å². The lowest BCUT2D eigenvalue weighted by Crippen LogP contribution is -2.59. The predicted molar refractivity (Wildman–Crippen MR) is 121 cm³/mol. The highest BCUT2D eigenvalue weighted by atomic mass is 16.5. The Morgan fingerprint density at radius 2 is 1.97 bits per heavy atom. The summed E-state index contributed by atoms with van der Waals surface area (Å²) >= 11 is 0. The van der Waals surface area contributed by atoms with Crippen molar-refractivity contribution in [1.29, 1.82) is 0 Å². The average molecular weight is 439 g/mol. The fourth-order valence-electron chi connectivity index (χ4n) is 5.57. The zero-order chi connectivity index (χ0) is 21.9. The van der Waals surface area contributed by atoms with Crippen molar-refractivity contribution in [3.63, 3.8) is 0 Å². The van der Waals surface area contributed by atoms with E-state index in [0.717, 1.165) is 64.3 Å². The molecule has 0 spiro atoms. The number of aromatic nitrogens is 3. The third-order valence-corrected chi connectivity index (χ3v) is 7.23. The van der Waals surface area contributed by atoms with Crippen LogP contribution in [0.25, 0.3) is 0 Å². The first-order valence-electron chi connectivity index (χ1n) is 11.9. The lowest BCUT2D eigenvalue weighted by Gasteiger charge is -2.50. The van der Waals surface area contributed by atoms with Crippen molar-refractivity contribution in [2.24, 2.45) is 11.8 Å². The summed E-state index contributed by atoms with van der Waals surface area (Å²) in [6.45, 7) is 7.32. The Kier molecular flexibility index (Phi) is 6.52. The zero-order valence-corrected chi connectivity index (χ0v) is 19.0. The van der Waals surface area contributed by atoms with Gasteiger partial charge >= 0.3 is 0 Å². The molecule has 2 bridgehead atoms. The number of ether oxygens (including phenoxy) is 1. The lowest BCUT2D eigenvalue weighted by atomic mass is 9.75. The van der Waals surface area contributed by atoms with E-state index in [4.69, 9.17) is 4.74 Å². The van der Waals surface area contributed by atoms with Gasteiger partial charge in [-0.05, 0) is 37.9 Å². The smallest absolute Gasteiger partial charge is 0.227 e. The highest BCUT2D eigenvalue weighted by Gasteiger charge is 2.44. The van der Waals surface area contributed by atoms with Crippen LogP contribution in [0.1, 0.15) is 24.1 Å². The van der Waals surface area contributed by atoms with Crippen LogP contribution in [-0.4, -0.2) is 88.1 Å². The Balaban J connectivity index is 1.14. The van der Waals surface area contributed by atoms with Crippen LogP contribution >= 0.6 is 0 Å². The summed E-state index contributed by atoms with van der Waals surface area (Å²) in [7, 11) is 2.11. The molecule has 1 aromatic heterocycles. The Morgan fingerprint density at radius 3 is 2.72 bits per heavy atom. The van der Waals surface area contributed by atoms with Gasteiger partial charge in [-0.3, -0.25) is 19.3 Å². The summed E-state index contributed by atoms with van der Waals surface area (Å²) in [6, 6.07) is 10.9. The summed E-state index contributed by atoms with van der Waals surface area (Å²) in [5.41, 5.74) is 2.30. The molecule has 0 radical (unpaired) electrons. The normalized spacial score (nSPS) is 27.8. The van der Waals surface area contributed by atoms with Gasteiger partial charge in [0.15, 0.2) is 0 Å². The van der Waals surface area contributed by atoms with Crippen LogP contribution in [0.4, 0.5) is 0 Å². The number of fused-ring (bicyclic) bond motifs is 3. The average Bonchev–Trinajstić information content (AvgIpc) is 3.26. The van der Waals surface area contributed by atoms with Crippen molar-refractivity contribution >= 4 is 5.91 Å². The molecule has 8 heteroatoms. The van der Waals surface area contributed by atoms with Crippen LogP contribution in [0, 0.1) is 11.8 Å². The first-order valence-corrected chi connectivity index (χ1v) is 11.9. The number of benzene rings is 1. The molecule has 0 saturated carbocycles. The number of hydrogen-bond acceptors (Lipinski definition) is 6. The van der Waals surface area contributed by atoms with E-state index in [1.807, 2.05) is 15.6 Å². The third kappa shape index (κ3) is 4.87. The fraction of sp³-hybridized carbons (Fsp3) is 0.625. The number of morpholine rings is 1. The van der Waals surface area contributed by atoms with Crippen molar-refractivity contribution < 1.29 is 9.53 Å². The highest BCUT2D eigenvalue weighted by Crippen LogP contribution is 2.37. The molecular weight excluding hydrogens is 404 g/mol. The maximum absolute atomic E-state index is 13.1. The number of amides is 1. The van der Waals surface area contributed by atoms with Crippen LogP contribution in [0.5, 0.6) is 0 Å². The van der Waals surface area contributed by atoms with E-state index in [1.54, 1.807) is 0 Å². The van der Waals surface area contributed by atoms with Gasteiger partial charge in [0.05, 0.1) is 31.4 Å². The molecule has 0 N–H and O–H groups in total. The van der Waals surface area contributed by atoms with Gasteiger partial charge in [-0.2, -0.15) is 0 Å². The lowest BCUT2D eigenvalue weighted by molar-refractivity contribution is -0.148. The molecule has 4 atom stereocenters. The summed E-state index contributed by atoms with van der Waals surface area (Å²) in [5.74, 6) is 0.974. The van der Waals surface area contributed by atoms with Crippen molar-refractivity contribution in [2.75, 3.05) is 46.4 Å². The minimum absolute atomic E-state index is 0.149. The molecule has 4 saturated heterocycles. The Bertz CT molecular complexity index is 897. The molecular formula is C24H34N6O2. The molecule has 4 aliphatic rings. The van der Waals surface area contributed by atoms with E-state index in [2.05, 4.69) is 57.6 Å². The Hall–Kier alpha value is -2.29. The molecule has 2 unspecified atom stereocenters. The van der Waals surface area contributed by atoms with E-state index < -0.39 is 0 Å². The van der Waals surface area contributed by atoms with Crippen molar-refractivity contribution in [2.45, 2.75) is 38.5 Å². The van der Waals surface area contributed by atoms with Gasteiger partial charge in [0.25, 0.3) is 0 Å². The van der Waals surface area contributed by atoms with Crippen LogP contribution in [-0.2, 0) is 29.2 Å².